The quantitative estimate of drug-likeness (QED) is 0.910. The number of nitrogens with zero attached hydrogens (tertiary/aromatic N) is 1. The lowest BCUT2D eigenvalue weighted by Gasteiger charge is -2.15. The summed E-state index contributed by atoms with van der Waals surface area (Å²) in [5.74, 6) is -0.192. The molecule has 5 heteroatoms. The fourth-order valence-electron chi connectivity index (χ4n) is 1.97. The summed E-state index contributed by atoms with van der Waals surface area (Å²) < 4.78 is 13.9. The van der Waals surface area contributed by atoms with Crippen molar-refractivity contribution in [2.24, 2.45) is 5.73 Å². The number of halogens is 3. The molecule has 1 fully saturated rings. The van der Waals surface area contributed by atoms with E-state index in [0.29, 0.717) is 0 Å². The van der Waals surface area contributed by atoms with Gasteiger partial charge in [-0.1, -0.05) is 15.9 Å². The van der Waals surface area contributed by atoms with Gasteiger partial charge in [0.1, 0.15) is 5.82 Å². The lowest BCUT2D eigenvalue weighted by Crippen LogP contribution is -2.26. The van der Waals surface area contributed by atoms with E-state index in [1.54, 1.807) is 6.07 Å². The van der Waals surface area contributed by atoms with E-state index in [1.807, 2.05) is 6.07 Å². The molecule has 1 aliphatic heterocycles. The van der Waals surface area contributed by atoms with E-state index in [1.165, 1.54) is 6.07 Å². The lowest BCUT2D eigenvalue weighted by atomic mass is 10.2. The monoisotopic (exact) mass is 308 g/mol. The third-order valence-corrected chi connectivity index (χ3v) is 3.10. The van der Waals surface area contributed by atoms with E-state index in [4.69, 9.17) is 5.73 Å². The summed E-state index contributed by atoms with van der Waals surface area (Å²) in [6, 6.07) is 5.28. The number of hydrogen-bond donors (Lipinski definition) is 1. The highest BCUT2D eigenvalue weighted by Crippen LogP contribution is 2.18. The summed E-state index contributed by atoms with van der Waals surface area (Å²) in [4.78, 5) is 2.26. The summed E-state index contributed by atoms with van der Waals surface area (Å²) in [6.07, 6.45) is 1.04. The van der Waals surface area contributed by atoms with Gasteiger partial charge in [-0.15, -0.1) is 12.4 Å². The molecule has 0 radical (unpaired) electrons. The highest BCUT2D eigenvalue weighted by molar-refractivity contribution is 9.10. The molecule has 2 rings (SSSR count). The molecule has 2 N–H and O–H groups in total. The molecule has 1 saturated heterocycles. The maximum atomic E-state index is 13.1. The second-order valence-electron chi connectivity index (χ2n) is 4.06. The van der Waals surface area contributed by atoms with Gasteiger partial charge in [-0.25, -0.2) is 4.39 Å². The van der Waals surface area contributed by atoms with E-state index in [2.05, 4.69) is 20.8 Å². The fraction of sp³-hybridized carbons (Fsp3) is 0.455. The van der Waals surface area contributed by atoms with E-state index in [0.717, 1.165) is 36.1 Å². The van der Waals surface area contributed by atoms with Crippen LogP contribution in [0.25, 0.3) is 0 Å². The molecule has 1 atom stereocenters. The first kappa shape index (κ1) is 13.9. The van der Waals surface area contributed by atoms with Crippen LogP contribution in [0.2, 0.25) is 0 Å². The number of hydrogen-bond acceptors (Lipinski definition) is 2. The van der Waals surface area contributed by atoms with Gasteiger partial charge in [0, 0.05) is 30.1 Å². The lowest BCUT2D eigenvalue weighted by molar-refractivity contribution is 0.326. The number of benzene rings is 1. The first-order valence-electron chi connectivity index (χ1n) is 5.06. The first-order valence-corrected chi connectivity index (χ1v) is 5.86. The number of nitrogens with two attached hydrogens (primary N) is 1. The Morgan fingerprint density at radius 2 is 2.19 bits per heavy atom. The van der Waals surface area contributed by atoms with Gasteiger partial charge in [-0.3, -0.25) is 4.90 Å². The Kier molecular flexibility index (Phi) is 5.18. The molecule has 2 nitrogen and oxygen atoms in total. The molecule has 0 aromatic heterocycles. The molecule has 1 aromatic carbocycles. The van der Waals surface area contributed by atoms with Crippen LogP contribution in [0.15, 0.2) is 22.7 Å². The first-order chi connectivity index (χ1) is 7.13. The van der Waals surface area contributed by atoms with Crippen LogP contribution >= 0.6 is 28.3 Å². The zero-order chi connectivity index (χ0) is 10.8. The molecule has 90 valence electrons. The van der Waals surface area contributed by atoms with Crippen LogP contribution in [-0.4, -0.2) is 24.0 Å². The number of rotatable bonds is 2. The van der Waals surface area contributed by atoms with E-state index in [-0.39, 0.29) is 24.3 Å². The molecule has 0 unspecified atom stereocenters. The molecule has 0 saturated carbocycles. The minimum absolute atomic E-state index is 0. The van der Waals surface area contributed by atoms with Crippen LogP contribution in [-0.2, 0) is 6.54 Å². The standard InChI is InChI=1S/C11H14BrFN2.ClH/c12-9-3-8(4-10(13)5-9)6-15-2-1-11(14)7-15;/h3-5,11H,1-2,6-7,14H2;1H/t11-;/m0./s1. The number of likely N-dealkylation sites (tertiary alicyclic amines) is 1. The van der Waals surface area contributed by atoms with Crippen LogP contribution in [0.5, 0.6) is 0 Å². The molecule has 0 bridgehead atoms. The average molecular weight is 310 g/mol. The van der Waals surface area contributed by atoms with Crippen molar-refractivity contribution in [3.05, 3.63) is 34.1 Å². The minimum Gasteiger partial charge on any atom is -0.326 e. The molecule has 1 aromatic rings. The van der Waals surface area contributed by atoms with Gasteiger partial charge in [-0.05, 0) is 30.2 Å². The van der Waals surface area contributed by atoms with Gasteiger partial charge in [0.25, 0.3) is 0 Å². The van der Waals surface area contributed by atoms with Crippen molar-refractivity contribution in [2.75, 3.05) is 13.1 Å². The van der Waals surface area contributed by atoms with E-state index in [9.17, 15) is 4.39 Å². The van der Waals surface area contributed by atoms with Crippen molar-refractivity contribution in [2.45, 2.75) is 19.0 Å². The van der Waals surface area contributed by atoms with Gasteiger partial charge in [0.2, 0.25) is 0 Å². The normalized spacial score (nSPS) is 20.8. The molecule has 1 heterocycles. The van der Waals surface area contributed by atoms with Crippen molar-refractivity contribution in [3.8, 4) is 0 Å². The Balaban J connectivity index is 0.00000128. The Bertz CT molecular complexity index is 342. The Hall–Kier alpha value is -0.160. The molecular formula is C11H15BrClFN2. The van der Waals surface area contributed by atoms with E-state index >= 15 is 0 Å². The highest BCUT2D eigenvalue weighted by Gasteiger charge is 2.18. The Labute approximate surface area is 110 Å². The molecule has 0 spiro atoms. The second kappa shape index (κ2) is 5.96. The maximum Gasteiger partial charge on any atom is 0.124 e. The van der Waals surface area contributed by atoms with Crippen LogP contribution in [0.3, 0.4) is 0 Å². The van der Waals surface area contributed by atoms with Gasteiger partial charge >= 0.3 is 0 Å². The van der Waals surface area contributed by atoms with Crippen LogP contribution in [0, 0.1) is 5.82 Å². The zero-order valence-electron chi connectivity index (χ0n) is 8.83. The van der Waals surface area contributed by atoms with E-state index < -0.39 is 0 Å². The van der Waals surface area contributed by atoms with Crippen molar-refractivity contribution in [1.29, 1.82) is 0 Å². The SMILES string of the molecule is Cl.N[C@H]1CCN(Cc2cc(F)cc(Br)c2)C1. The fourth-order valence-corrected chi connectivity index (χ4v) is 2.48. The molecule has 16 heavy (non-hydrogen) atoms. The van der Waals surface area contributed by atoms with Crippen molar-refractivity contribution in [3.63, 3.8) is 0 Å². The van der Waals surface area contributed by atoms with Crippen LogP contribution in [0.4, 0.5) is 4.39 Å². The Morgan fingerprint density at radius 3 is 2.75 bits per heavy atom. The third-order valence-electron chi connectivity index (χ3n) is 2.64. The topological polar surface area (TPSA) is 29.3 Å². The summed E-state index contributed by atoms with van der Waals surface area (Å²) in [5, 5.41) is 0. The van der Waals surface area contributed by atoms with Crippen molar-refractivity contribution >= 4 is 28.3 Å². The molecule has 0 aliphatic carbocycles. The smallest absolute Gasteiger partial charge is 0.124 e. The van der Waals surface area contributed by atoms with Crippen molar-refractivity contribution < 1.29 is 4.39 Å². The minimum atomic E-state index is -0.192. The third kappa shape index (κ3) is 3.70. The van der Waals surface area contributed by atoms with Gasteiger partial charge in [0.05, 0.1) is 0 Å². The molecule has 1 aliphatic rings. The predicted molar refractivity (Wildman–Crippen MR) is 69.2 cm³/mol. The largest absolute Gasteiger partial charge is 0.326 e. The van der Waals surface area contributed by atoms with Gasteiger partial charge in [0.15, 0.2) is 0 Å². The van der Waals surface area contributed by atoms with Gasteiger partial charge < -0.3 is 5.73 Å². The average Bonchev–Trinajstić information content (AvgIpc) is 2.49. The summed E-state index contributed by atoms with van der Waals surface area (Å²) in [6.45, 7) is 2.70. The summed E-state index contributed by atoms with van der Waals surface area (Å²) >= 11 is 3.29. The maximum absolute atomic E-state index is 13.1. The second-order valence-corrected chi connectivity index (χ2v) is 4.98. The van der Waals surface area contributed by atoms with Crippen LogP contribution < -0.4 is 5.73 Å². The molecule has 0 amide bonds. The van der Waals surface area contributed by atoms with Gasteiger partial charge in [-0.2, -0.15) is 0 Å². The van der Waals surface area contributed by atoms with Crippen LogP contribution in [0.1, 0.15) is 12.0 Å². The van der Waals surface area contributed by atoms with Crippen molar-refractivity contribution in [1.82, 2.24) is 4.90 Å². The highest BCUT2D eigenvalue weighted by atomic mass is 79.9. The predicted octanol–water partition coefficient (Wildman–Crippen LogP) is 2.54. The Morgan fingerprint density at radius 1 is 1.44 bits per heavy atom. The summed E-state index contributed by atoms with van der Waals surface area (Å²) in [5.41, 5.74) is 6.81. The zero-order valence-corrected chi connectivity index (χ0v) is 11.2. The molecular weight excluding hydrogens is 294 g/mol. The summed E-state index contributed by atoms with van der Waals surface area (Å²) in [7, 11) is 0.